The number of nitrogens with one attached hydrogen (secondary N) is 3. The minimum atomic E-state index is -0.711. The van der Waals surface area contributed by atoms with Gasteiger partial charge in [0.15, 0.2) is 0 Å². The molecule has 4 atom stereocenters. The maximum Gasteiger partial charge on any atom is 0.407 e. The molecule has 4 heterocycles. The van der Waals surface area contributed by atoms with Crippen LogP contribution in [0.4, 0.5) is 4.79 Å². The number of nitrogens with zero attached hydrogens (tertiary/aromatic N) is 4. The summed E-state index contributed by atoms with van der Waals surface area (Å²) in [6.45, 7) is 11.6. The van der Waals surface area contributed by atoms with E-state index >= 15 is 0 Å². The molecule has 5 aromatic rings. The Morgan fingerprint density at radius 3 is 1.83 bits per heavy atom. The van der Waals surface area contributed by atoms with Crippen molar-refractivity contribution in [3.63, 3.8) is 0 Å². The van der Waals surface area contributed by atoms with Gasteiger partial charge >= 0.3 is 6.09 Å². The number of hydrogen-bond acceptors (Lipinski definition) is 6. The maximum atomic E-state index is 14.2. The first-order valence-corrected chi connectivity index (χ1v) is 21.6. The number of aromatic amines is 2. The summed E-state index contributed by atoms with van der Waals surface area (Å²) in [6.07, 6.45) is 5.68. The van der Waals surface area contributed by atoms with Crippen LogP contribution in [0.25, 0.3) is 33.5 Å². The van der Waals surface area contributed by atoms with Gasteiger partial charge < -0.3 is 29.8 Å². The molecule has 4 aliphatic rings. The second-order valence-corrected chi connectivity index (χ2v) is 18.7. The van der Waals surface area contributed by atoms with Gasteiger partial charge in [0.05, 0.1) is 41.6 Å². The molecular formula is C49H63N7O4S4. The molecule has 2 spiro atoms. The molecule has 342 valence electrons. The highest BCUT2D eigenvalue weighted by Gasteiger charge is 2.56. The first kappa shape index (κ1) is 50.5. The van der Waals surface area contributed by atoms with Crippen molar-refractivity contribution < 1.29 is 19.1 Å². The average molecular weight is 942 g/mol. The number of carbonyl (C=O) groups is 3. The lowest BCUT2D eigenvalue weighted by Gasteiger charge is -2.30. The van der Waals surface area contributed by atoms with Crippen LogP contribution in [0.15, 0.2) is 72.8 Å². The number of ether oxygens (including phenoxy) is 1. The van der Waals surface area contributed by atoms with Gasteiger partial charge in [-0.3, -0.25) is 9.59 Å². The maximum absolute atomic E-state index is 14.2. The Hall–Kier alpha value is -4.49. The van der Waals surface area contributed by atoms with Gasteiger partial charge in [0, 0.05) is 41.3 Å². The summed E-state index contributed by atoms with van der Waals surface area (Å²) in [7, 11) is 1.31. The normalized spacial score (nSPS) is 19.4. The van der Waals surface area contributed by atoms with Crippen LogP contribution in [0, 0.1) is 40.4 Å². The molecule has 15 heteroatoms. The third-order valence-electron chi connectivity index (χ3n) is 13.7. The van der Waals surface area contributed by atoms with Crippen LogP contribution in [0.1, 0.15) is 108 Å². The van der Waals surface area contributed by atoms with E-state index in [4.69, 9.17) is 14.7 Å². The van der Waals surface area contributed by atoms with E-state index in [-0.39, 0.29) is 106 Å². The summed E-state index contributed by atoms with van der Waals surface area (Å²) < 4.78 is 4.87. The number of carbonyl (C=O) groups excluding carboxylic acids is 3. The third kappa shape index (κ3) is 10.0. The number of benzene rings is 3. The van der Waals surface area contributed by atoms with Crippen LogP contribution >= 0.6 is 54.0 Å². The lowest BCUT2D eigenvalue weighted by atomic mass is 9.96. The Balaban J connectivity index is 0.00000193. The summed E-state index contributed by atoms with van der Waals surface area (Å²) in [5.74, 6) is 8.56. The largest absolute Gasteiger partial charge is 0.453 e. The fourth-order valence-corrected chi connectivity index (χ4v) is 9.26. The van der Waals surface area contributed by atoms with E-state index in [0.717, 1.165) is 88.6 Å². The fourth-order valence-electron chi connectivity index (χ4n) is 9.26. The lowest BCUT2D eigenvalue weighted by molar-refractivity contribution is -0.137. The molecular weight excluding hydrogens is 879 g/mol. The molecule has 2 saturated heterocycles. The summed E-state index contributed by atoms with van der Waals surface area (Å²) >= 11 is 0. The molecule has 11 nitrogen and oxygen atoms in total. The predicted molar refractivity (Wildman–Crippen MR) is 273 cm³/mol. The number of methoxy groups -OCH3 is 1. The van der Waals surface area contributed by atoms with Gasteiger partial charge in [0.1, 0.15) is 17.7 Å². The Kier molecular flexibility index (Phi) is 15.7. The Morgan fingerprint density at radius 1 is 0.703 bits per heavy atom. The molecule has 64 heavy (non-hydrogen) atoms. The van der Waals surface area contributed by atoms with Crippen LogP contribution in [-0.4, -0.2) is 73.9 Å². The van der Waals surface area contributed by atoms with Crippen LogP contribution in [-0.2, 0) is 14.3 Å². The standard InChI is InChI=1S/C49H55N7O4.4H2S/c1-29(2)31(5)45(57)55-27-48(20-21-48)25-38(55)43-50-36-19-16-33(24-37(36)51-43)13-12-32-14-17-35(18-15-32)42-41(34-10-8-7-9-11-34)52-44(53-42)39-26-49(22-23-49)28-56(39)46(58)40(30(3)4)54-47(59)60-6;;;;/h7-11,14-19,24,29-31,38-40H,20-23,25-28H2,1-6H3,(H,50,51)(H,52,53)(H,54,59);4*1H2/t31-,38-,39-,40-;;;;/m0..../s1. The predicted octanol–water partition coefficient (Wildman–Crippen LogP) is 9.25. The summed E-state index contributed by atoms with van der Waals surface area (Å²) in [5, 5.41) is 2.78. The monoisotopic (exact) mass is 941 g/mol. The van der Waals surface area contributed by atoms with Crippen molar-refractivity contribution in [3.8, 4) is 34.4 Å². The van der Waals surface area contributed by atoms with Gasteiger partial charge in [0.2, 0.25) is 11.8 Å². The van der Waals surface area contributed by atoms with E-state index in [1.807, 2.05) is 74.2 Å². The fraction of sp³-hybridized carbons (Fsp3) is 0.449. The molecule has 4 fully saturated rings. The van der Waals surface area contributed by atoms with Crippen molar-refractivity contribution in [3.05, 3.63) is 95.6 Å². The van der Waals surface area contributed by atoms with Crippen molar-refractivity contribution in [2.24, 2.45) is 28.6 Å². The summed E-state index contributed by atoms with van der Waals surface area (Å²) in [4.78, 5) is 61.5. The van der Waals surface area contributed by atoms with Crippen molar-refractivity contribution in [2.75, 3.05) is 20.2 Å². The average Bonchev–Trinajstić information content (AvgIpc) is 3.90. The van der Waals surface area contributed by atoms with Crippen LogP contribution < -0.4 is 5.32 Å². The second-order valence-electron chi connectivity index (χ2n) is 18.7. The van der Waals surface area contributed by atoms with Gasteiger partial charge in [-0.05, 0) is 91.5 Å². The Bertz CT molecular complexity index is 2520. The Labute approximate surface area is 404 Å². The van der Waals surface area contributed by atoms with Crippen LogP contribution in [0.3, 0.4) is 0 Å². The van der Waals surface area contributed by atoms with Crippen LogP contribution in [0.5, 0.6) is 0 Å². The van der Waals surface area contributed by atoms with E-state index in [1.54, 1.807) is 0 Å². The number of fused-ring (bicyclic) bond motifs is 1. The van der Waals surface area contributed by atoms with E-state index in [0.29, 0.717) is 6.54 Å². The molecule has 9 rings (SSSR count). The minimum absolute atomic E-state index is 0. The van der Waals surface area contributed by atoms with Gasteiger partial charge in [-0.1, -0.05) is 88.9 Å². The summed E-state index contributed by atoms with van der Waals surface area (Å²) in [6, 6.07) is 23.4. The lowest BCUT2D eigenvalue weighted by Crippen LogP contribution is -2.51. The summed E-state index contributed by atoms with van der Waals surface area (Å²) in [5.41, 5.74) is 7.53. The molecule has 2 aromatic heterocycles. The first-order chi connectivity index (χ1) is 28.8. The topological polar surface area (TPSA) is 136 Å². The minimum Gasteiger partial charge on any atom is -0.453 e. The van der Waals surface area contributed by atoms with Crippen molar-refractivity contribution in [1.82, 2.24) is 35.1 Å². The van der Waals surface area contributed by atoms with E-state index in [2.05, 4.69) is 70.1 Å². The number of rotatable bonds is 9. The molecule has 3 amide bonds. The van der Waals surface area contributed by atoms with E-state index < -0.39 is 12.1 Å². The SMILES string of the molecule is COC(=O)N[C@H](C(=O)N1CC2(CC2)C[C@H]1c1nc(-c2ccccc2)c(-c2ccc(C#Cc3ccc4nc([C@@H]5CC6(CC6)CN5C(=O)[C@@H](C)C(C)C)[nH]c4c3)cc2)[nH]1)C(C)C.S.S.S.S. The quantitative estimate of drug-likeness (QED) is 0.126. The van der Waals surface area contributed by atoms with E-state index in [1.165, 1.54) is 20.0 Å². The van der Waals surface area contributed by atoms with Gasteiger partial charge in [-0.2, -0.15) is 54.0 Å². The molecule has 2 aliphatic heterocycles. The zero-order valence-electron chi connectivity index (χ0n) is 37.5. The molecule has 2 aliphatic carbocycles. The Morgan fingerprint density at radius 2 is 1.27 bits per heavy atom. The first-order valence-electron chi connectivity index (χ1n) is 21.6. The number of H-pyrrole nitrogens is 2. The van der Waals surface area contributed by atoms with Crippen molar-refractivity contribution in [2.45, 2.75) is 91.3 Å². The van der Waals surface area contributed by atoms with Gasteiger partial charge in [0.25, 0.3) is 0 Å². The molecule has 3 aromatic carbocycles. The highest BCUT2D eigenvalue weighted by molar-refractivity contribution is 7.59. The third-order valence-corrected chi connectivity index (χ3v) is 13.7. The molecule has 0 radical (unpaired) electrons. The van der Waals surface area contributed by atoms with Crippen molar-refractivity contribution in [1.29, 1.82) is 0 Å². The zero-order chi connectivity index (χ0) is 41.9. The van der Waals surface area contributed by atoms with Crippen molar-refractivity contribution >= 4 is 82.9 Å². The zero-order valence-corrected chi connectivity index (χ0v) is 41.5. The molecule has 0 bridgehead atoms. The second kappa shape index (κ2) is 19.9. The smallest absolute Gasteiger partial charge is 0.407 e. The number of hydrogen-bond donors (Lipinski definition) is 3. The number of likely N-dealkylation sites (tertiary alicyclic amines) is 2. The number of amides is 3. The highest BCUT2D eigenvalue weighted by Crippen LogP contribution is 2.59. The van der Waals surface area contributed by atoms with Gasteiger partial charge in [-0.15, -0.1) is 0 Å². The van der Waals surface area contributed by atoms with Crippen LogP contribution in [0.2, 0.25) is 0 Å². The molecule has 0 unspecified atom stereocenters. The van der Waals surface area contributed by atoms with Gasteiger partial charge in [-0.25, -0.2) is 14.8 Å². The van der Waals surface area contributed by atoms with E-state index in [9.17, 15) is 14.4 Å². The number of alkyl carbamates (subject to hydrolysis) is 1. The highest BCUT2D eigenvalue weighted by atomic mass is 32.1. The number of aromatic nitrogens is 4. The molecule has 3 N–H and O–H groups in total. The molecule has 2 saturated carbocycles. The number of imidazole rings is 2.